The van der Waals surface area contributed by atoms with Crippen LogP contribution in [0.1, 0.15) is 13.8 Å². The summed E-state index contributed by atoms with van der Waals surface area (Å²) in [5.74, 6) is 0. The van der Waals surface area contributed by atoms with Gasteiger partial charge in [0.15, 0.2) is 5.11 Å². The number of thiocarbonyl (C=S) groups is 1. The number of ether oxygens (including phenoxy) is 1. The van der Waals surface area contributed by atoms with Crippen LogP contribution in [0.5, 0.6) is 0 Å². The highest BCUT2D eigenvalue weighted by Crippen LogP contribution is 2.11. The number of aliphatic hydroxyl groups excluding tert-OH is 1. The predicted octanol–water partition coefficient (Wildman–Crippen LogP) is -0.0376. The van der Waals surface area contributed by atoms with Crippen LogP contribution in [0.4, 0.5) is 0 Å². The maximum atomic E-state index is 8.99. The van der Waals surface area contributed by atoms with Crippen LogP contribution in [-0.2, 0) is 4.74 Å². The second-order valence-corrected chi connectivity index (χ2v) is 3.86. The number of morpholine rings is 1. The van der Waals surface area contributed by atoms with Gasteiger partial charge >= 0.3 is 0 Å². The summed E-state index contributed by atoms with van der Waals surface area (Å²) in [4.78, 5) is 2.07. The molecule has 1 saturated heterocycles. The molecule has 0 aliphatic carbocycles. The number of aliphatic hydroxyl groups is 1. The third kappa shape index (κ3) is 2.80. The lowest BCUT2D eigenvalue weighted by atomic mass is 10.2. The Morgan fingerprint density at radius 2 is 2.43 bits per heavy atom. The quantitative estimate of drug-likeness (QED) is 0.637. The Morgan fingerprint density at radius 1 is 1.71 bits per heavy atom. The molecule has 1 aliphatic heterocycles. The summed E-state index contributed by atoms with van der Waals surface area (Å²) < 4.78 is 5.42. The number of nitrogens with one attached hydrogen (secondary N) is 1. The molecule has 0 aromatic rings. The number of rotatable bonds is 2. The minimum absolute atomic E-state index is 0.0535. The Labute approximate surface area is 90.2 Å². The van der Waals surface area contributed by atoms with Crippen molar-refractivity contribution in [1.29, 1.82) is 0 Å². The first-order chi connectivity index (χ1) is 6.69. The van der Waals surface area contributed by atoms with E-state index in [4.69, 9.17) is 22.1 Å². The van der Waals surface area contributed by atoms with E-state index in [0.717, 1.165) is 11.7 Å². The fourth-order valence-corrected chi connectivity index (χ4v) is 1.86. The monoisotopic (exact) mass is 218 g/mol. The Kier molecular flexibility index (Phi) is 4.57. The number of nitrogens with zero attached hydrogens (tertiary/aromatic N) is 1. The Morgan fingerprint density at radius 3 is 3.00 bits per heavy atom. The van der Waals surface area contributed by atoms with Crippen LogP contribution in [0.15, 0.2) is 0 Å². The van der Waals surface area contributed by atoms with E-state index in [-0.39, 0.29) is 18.8 Å². The predicted molar refractivity (Wildman–Crippen MR) is 59.3 cm³/mol. The van der Waals surface area contributed by atoms with Gasteiger partial charge < -0.3 is 20.1 Å². The van der Waals surface area contributed by atoms with Crippen molar-refractivity contribution in [2.45, 2.75) is 26.0 Å². The second kappa shape index (κ2) is 5.48. The van der Waals surface area contributed by atoms with Crippen LogP contribution < -0.4 is 5.32 Å². The summed E-state index contributed by atoms with van der Waals surface area (Å²) in [6.07, 6.45) is -0.109. The van der Waals surface area contributed by atoms with Gasteiger partial charge in [0, 0.05) is 13.1 Å². The van der Waals surface area contributed by atoms with E-state index in [0.29, 0.717) is 13.2 Å². The molecule has 1 rings (SSSR count). The zero-order valence-electron chi connectivity index (χ0n) is 8.69. The molecule has 5 heteroatoms. The summed E-state index contributed by atoms with van der Waals surface area (Å²) in [5.41, 5.74) is 0. The largest absolute Gasteiger partial charge is 0.394 e. The zero-order valence-corrected chi connectivity index (χ0v) is 9.51. The third-order valence-corrected chi connectivity index (χ3v) is 2.68. The smallest absolute Gasteiger partial charge is 0.169 e. The lowest BCUT2D eigenvalue weighted by molar-refractivity contribution is -0.0561. The van der Waals surface area contributed by atoms with E-state index in [1.54, 1.807) is 0 Å². The van der Waals surface area contributed by atoms with Gasteiger partial charge in [-0.1, -0.05) is 0 Å². The summed E-state index contributed by atoms with van der Waals surface area (Å²) in [7, 11) is 0. The van der Waals surface area contributed by atoms with Gasteiger partial charge in [0.25, 0.3) is 0 Å². The van der Waals surface area contributed by atoms with Gasteiger partial charge in [-0.15, -0.1) is 0 Å². The summed E-state index contributed by atoms with van der Waals surface area (Å²) in [5, 5.41) is 12.9. The standard InChI is InChI=1S/C9H18N2O2S/c1-3-10-9(14)11-4-8(5-12)13-6-7(11)2/h7-8,12H,3-6H2,1-2H3,(H,10,14). The average Bonchev–Trinajstić information content (AvgIpc) is 2.19. The minimum Gasteiger partial charge on any atom is -0.394 e. The molecule has 1 fully saturated rings. The molecule has 0 saturated carbocycles. The van der Waals surface area contributed by atoms with Crippen LogP contribution in [0.2, 0.25) is 0 Å². The summed E-state index contributed by atoms with van der Waals surface area (Å²) in [6.45, 7) is 6.25. The van der Waals surface area contributed by atoms with Crippen molar-refractivity contribution in [3.63, 3.8) is 0 Å². The minimum atomic E-state index is -0.109. The molecule has 0 bridgehead atoms. The molecule has 1 heterocycles. The SMILES string of the molecule is CCNC(=S)N1CC(CO)OCC1C. The highest BCUT2D eigenvalue weighted by atomic mass is 32.1. The fourth-order valence-electron chi connectivity index (χ4n) is 1.46. The third-order valence-electron chi connectivity index (χ3n) is 2.30. The molecule has 0 radical (unpaired) electrons. The molecule has 14 heavy (non-hydrogen) atoms. The van der Waals surface area contributed by atoms with Gasteiger partial charge in [0.2, 0.25) is 0 Å². The lowest BCUT2D eigenvalue weighted by Gasteiger charge is -2.39. The Hall–Kier alpha value is -0.390. The molecule has 2 atom stereocenters. The highest BCUT2D eigenvalue weighted by Gasteiger charge is 2.26. The van der Waals surface area contributed by atoms with Gasteiger partial charge in [-0.3, -0.25) is 0 Å². The molecule has 0 spiro atoms. The van der Waals surface area contributed by atoms with E-state index in [2.05, 4.69) is 17.1 Å². The zero-order chi connectivity index (χ0) is 10.6. The topological polar surface area (TPSA) is 44.7 Å². The van der Waals surface area contributed by atoms with E-state index in [1.807, 2.05) is 6.92 Å². The van der Waals surface area contributed by atoms with Crippen LogP contribution in [0.25, 0.3) is 0 Å². The van der Waals surface area contributed by atoms with Crippen molar-refractivity contribution in [1.82, 2.24) is 10.2 Å². The Balaban J connectivity index is 2.51. The molecule has 0 aromatic carbocycles. The van der Waals surface area contributed by atoms with E-state index >= 15 is 0 Å². The molecule has 2 N–H and O–H groups in total. The van der Waals surface area contributed by atoms with Crippen LogP contribution >= 0.6 is 12.2 Å². The number of hydrogen-bond donors (Lipinski definition) is 2. The van der Waals surface area contributed by atoms with Gasteiger partial charge in [-0.05, 0) is 26.1 Å². The van der Waals surface area contributed by atoms with E-state index in [9.17, 15) is 0 Å². The normalized spacial score (nSPS) is 27.5. The second-order valence-electron chi connectivity index (χ2n) is 3.47. The maximum Gasteiger partial charge on any atom is 0.169 e. The molecule has 2 unspecified atom stereocenters. The van der Waals surface area contributed by atoms with Crippen molar-refractivity contribution in [3.8, 4) is 0 Å². The van der Waals surface area contributed by atoms with Gasteiger partial charge in [0.1, 0.15) is 0 Å². The van der Waals surface area contributed by atoms with Crippen LogP contribution in [-0.4, -0.2) is 53.6 Å². The van der Waals surface area contributed by atoms with E-state index < -0.39 is 0 Å². The van der Waals surface area contributed by atoms with Crippen LogP contribution in [0, 0.1) is 0 Å². The average molecular weight is 218 g/mol. The van der Waals surface area contributed by atoms with Gasteiger partial charge in [-0.2, -0.15) is 0 Å². The van der Waals surface area contributed by atoms with E-state index in [1.165, 1.54) is 0 Å². The molecular formula is C9H18N2O2S. The molecular weight excluding hydrogens is 200 g/mol. The van der Waals surface area contributed by atoms with Crippen molar-refractivity contribution in [2.24, 2.45) is 0 Å². The first-order valence-corrected chi connectivity index (χ1v) is 5.36. The van der Waals surface area contributed by atoms with Crippen molar-refractivity contribution in [2.75, 3.05) is 26.3 Å². The maximum absolute atomic E-state index is 8.99. The first-order valence-electron chi connectivity index (χ1n) is 4.96. The molecule has 0 aromatic heterocycles. The summed E-state index contributed by atoms with van der Waals surface area (Å²) >= 11 is 5.23. The number of hydrogen-bond acceptors (Lipinski definition) is 3. The van der Waals surface area contributed by atoms with Crippen molar-refractivity contribution in [3.05, 3.63) is 0 Å². The lowest BCUT2D eigenvalue weighted by Crippen LogP contribution is -2.54. The van der Waals surface area contributed by atoms with Crippen molar-refractivity contribution >= 4 is 17.3 Å². The first kappa shape index (κ1) is 11.7. The highest BCUT2D eigenvalue weighted by molar-refractivity contribution is 7.80. The van der Waals surface area contributed by atoms with Crippen molar-refractivity contribution < 1.29 is 9.84 Å². The molecule has 82 valence electrons. The van der Waals surface area contributed by atoms with Crippen LogP contribution in [0.3, 0.4) is 0 Å². The van der Waals surface area contributed by atoms with Gasteiger partial charge in [-0.25, -0.2) is 0 Å². The fraction of sp³-hybridized carbons (Fsp3) is 0.889. The molecule has 1 aliphatic rings. The summed E-state index contributed by atoms with van der Waals surface area (Å²) in [6, 6.07) is 0.282. The van der Waals surface area contributed by atoms with Gasteiger partial charge in [0.05, 0.1) is 25.4 Å². The Bertz CT molecular complexity index is 201. The molecule has 4 nitrogen and oxygen atoms in total. The molecule has 0 amide bonds.